The predicted molar refractivity (Wildman–Crippen MR) is 59.0 cm³/mol. The lowest BCUT2D eigenvalue weighted by Gasteiger charge is -2.28. The first kappa shape index (κ1) is 9.98. The van der Waals surface area contributed by atoms with Crippen molar-refractivity contribution in [3.05, 3.63) is 29.8 Å². The average Bonchev–Trinajstić information content (AvgIpc) is 2.30. The predicted octanol–water partition coefficient (Wildman–Crippen LogP) is 0.210. The Balaban J connectivity index is 2.19. The van der Waals surface area contributed by atoms with E-state index in [-0.39, 0.29) is 5.91 Å². The van der Waals surface area contributed by atoms with E-state index in [1.807, 2.05) is 18.2 Å². The summed E-state index contributed by atoms with van der Waals surface area (Å²) in [4.78, 5) is 13.2. The van der Waals surface area contributed by atoms with E-state index in [4.69, 9.17) is 5.73 Å². The van der Waals surface area contributed by atoms with E-state index >= 15 is 0 Å². The molecular weight excluding hydrogens is 190 g/mol. The number of nitrogens with two attached hydrogens (primary N) is 1. The van der Waals surface area contributed by atoms with Gasteiger partial charge in [-0.25, -0.2) is 5.32 Å². The summed E-state index contributed by atoms with van der Waals surface area (Å²) in [6, 6.07) is 7.44. The van der Waals surface area contributed by atoms with Crippen molar-refractivity contribution in [2.24, 2.45) is 5.73 Å². The smallest absolute Gasteiger partial charge is 0.248 e. The van der Waals surface area contributed by atoms with Crippen molar-refractivity contribution in [3.63, 3.8) is 0 Å². The van der Waals surface area contributed by atoms with Gasteiger partial charge in [-0.3, -0.25) is 4.79 Å². The molecule has 1 saturated heterocycles. The maximum absolute atomic E-state index is 11.0. The van der Waals surface area contributed by atoms with Crippen molar-refractivity contribution in [2.45, 2.75) is 0 Å². The summed E-state index contributed by atoms with van der Waals surface area (Å²) in [5.74, 6) is -0.376. The fourth-order valence-corrected chi connectivity index (χ4v) is 1.72. The van der Waals surface area contributed by atoms with Crippen LogP contribution in [0.15, 0.2) is 24.3 Å². The lowest BCUT2D eigenvalue weighted by Crippen LogP contribution is -2.40. The summed E-state index contributed by atoms with van der Waals surface area (Å²) in [5.41, 5.74) is 6.86. The summed E-state index contributed by atoms with van der Waals surface area (Å²) in [5, 5.41) is 4.28. The molecule has 1 aromatic rings. The van der Waals surface area contributed by atoms with Gasteiger partial charge in [0.2, 0.25) is 5.91 Å². The molecule has 15 heavy (non-hydrogen) atoms. The largest absolute Gasteiger partial charge is 0.369 e. The minimum Gasteiger partial charge on any atom is -0.369 e. The van der Waals surface area contributed by atoms with Gasteiger partial charge in [0.05, 0.1) is 0 Å². The van der Waals surface area contributed by atoms with Gasteiger partial charge in [-0.2, -0.15) is 0 Å². The van der Waals surface area contributed by atoms with Crippen LogP contribution in [0, 0.1) is 0 Å². The highest BCUT2D eigenvalue weighted by Crippen LogP contribution is 2.16. The van der Waals surface area contributed by atoms with Crippen LogP contribution in [0.25, 0.3) is 0 Å². The van der Waals surface area contributed by atoms with Gasteiger partial charge in [-0.1, -0.05) is 6.07 Å². The quantitative estimate of drug-likeness (QED) is 0.748. The Morgan fingerprint density at radius 3 is 2.73 bits per heavy atom. The summed E-state index contributed by atoms with van der Waals surface area (Å²) in [6.07, 6.45) is 0. The Hall–Kier alpha value is -1.55. The van der Waals surface area contributed by atoms with Gasteiger partial charge in [0.15, 0.2) is 0 Å². The van der Waals surface area contributed by atoms with E-state index in [0.717, 1.165) is 31.9 Å². The van der Waals surface area contributed by atoms with Crippen LogP contribution in [0.1, 0.15) is 10.4 Å². The zero-order valence-corrected chi connectivity index (χ0v) is 8.52. The molecule has 0 unspecified atom stereocenters. The zero-order chi connectivity index (χ0) is 10.7. The molecule has 79 valence electrons. The lowest BCUT2D eigenvalue weighted by atomic mass is 10.1. The van der Waals surface area contributed by atoms with Gasteiger partial charge in [0, 0.05) is 37.4 Å². The Bertz CT molecular complexity index is 359. The first-order chi connectivity index (χ1) is 7.27. The molecular formula is C11H14N3O. The number of piperazine rings is 1. The van der Waals surface area contributed by atoms with Crippen molar-refractivity contribution < 1.29 is 4.79 Å². The van der Waals surface area contributed by atoms with Crippen LogP contribution in [0.3, 0.4) is 0 Å². The highest BCUT2D eigenvalue weighted by atomic mass is 16.1. The van der Waals surface area contributed by atoms with Gasteiger partial charge >= 0.3 is 0 Å². The number of hydrogen-bond acceptors (Lipinski definition) is 2. The van der Waals surface area contributed by atoms with Crippen LogP contribution in [0.5, 0.6) is 0 Å². The number of primary amides is 1. The van der Waals surface area contributed by atoms with E-state index in [0.29, 0.717) is 5.56 Å². The SMILES string of the molecule is NC(=O)c1cccc(N2CC[N]CC2)c1. The molecule has 1 aliphatic rings. The molecule has 1 heterocycles. The molecule has 1 aromatic carbocycles. The molecule has 1 amide bonds. The van der Waals surface area contributed by atoms with Crippen LogP contribution < -0.4 is 16.0 Å². The second-order valence-corrected chi connectivity index (χ2v) is 3.57. The number of nitrogens with zero attached hydrogens (tertiary/aromatic N) is 2. The summed E-state index contributed by atoms with van der Waals surface area (Å²) >= 11 is 0. The summed E-state index contributed by atoms with van der Waals surface area (Å²) in [6.45, 7) is 3.56. The molecule has 2 rings (SSSR count). The van der Waals surface area contributed by atoms with E-state index in [1.165, 1.54) is 0 Å². The second-order valence-electron chi connectivity index (χ2n) is 3.57. The Labute approximate surface area is 89.1 Å². The van der Waals surface area contributed by atoms with E-state index in [9.17, 15) is 4.79 Å². The first-order valence-corrected chi connectivity index (χ1v) is 5.05. The molecule has 0 saturated carbocycles. The number of hydrogen-bond donors (Lipinski definition) is 1. The van der Waals surface area contributed by atoms with Crippen LogP contribution >= 0.6 is 0 Å². The minimum absolute atomic E-state index is 0.376. The highest BCUT2D eigenvalue weighted by Gasteiger charge is 2.11. The maximum atomic E-state index is 11.0. The third-order valence-electron chi connectivity index (χ3n) is 2.55. The Morgan fingerprint density at radius 2 is 2.07 bits per heavy atom. The molecule has 4 nitrogen and oxygen atoms in total. The van der Waals surface area contributed by atoms with Gasteiger partial charge in [-0.05, 0) is 18.2 Å². The molecule has 1 fully saturated rings. The number of benzene rings is 1. The summed E-state index contributed by atoms with van der Waals surface area (Å²) < 4.78 is 0. The molecule has 0 aromatic heterocycles. The third kappa shape index (κ3) is 2.27. The third-order valence-corrected chi connectivity index (χ3v) is 2.55. The van der Waals surface area contributed by atoms with Gasteiger partial charge in [-0.15, -0.1) is 0 Å². The van der Waals surface area contributed by atoms with Crippen LogP contribution in [0.4, 0.5) is 5.69 Å². The molecule has 1 radical (unpaired) electrons. The minimum atomic E-state index is -0.376. The van der Waals surface area contributed by atoms with Crippen LogP contribution in [-0.2, 0) is 0 Å². The monoisotopic (exact) mass is 204 g/mol. The molecule has 0 spiro atoms. The van der Waals surface area contributed by atoms with E-state index in [2.05, 4.69) is 10.2 Å². The Kier molecular flexibility index (Phi) is 2.87. The lowest BCUT2D eigenvalue weighted by molar-refractivity contribution is 0.100. The standard InChI is InChI=1S/C11H14N3O/c12-11(15)9-2-1-3-10(8-9)14-6-4-13-5-7-14/h1-3,8H,4-7H2,(H2,12,15). The van der Waals surface area contributed by atoms with Crippen LogP contribution in [0.2, 0.25) is 0 Å². The fourth-order valence-electron chi connectivity index (χ4n) is 1.72. The number of anilines is 1. The summed E-state index contributed by atoms with van der Waals surface area (Å²) in [7, 11) is 0. The number of amides is 1. The number of rotatable bonds is 2. The van der Waals surface area contributed by atoms with Crippen molar-refractivity contribution >= 4 is 11.6 Å². The first-order valence-electron chi connectivity index (χ1n) is 5.05. The molecule has 0 aliphatic carbocycles. The van der Waals surface area contributed by atoms with Crippen molar-refractivity contribution in [1.82, 2.24) is 5.32 Å². The maximum Gasteiger partial charge on any atom is 0.248 e. The number of carbonyl (C=O) groups is 1. The fraction of sp³-hybridized carbons (Fsp3) is 0.364. The van der Waals surface area contributed by atoms with Gasteiger partial charge in [0.25, 0.3) is 0 Å². The normalized spacial score (nSPS) is 16.4. The van der Waals surface area contributed by atoms with Gasteiger partial charge in [0.1, 0.15) is 0 Å². The second kappa shape index (κ2) is 4.31. The molecule has 2 N–H and O–H groups in total. The van der Waals surface area contributed by atoms with Crippen molar-refractivity contribution in [3.8, 4) is 0 Å². The van der Waals surface area contributed by atoms with E-state index in [1.54, 1.807) is 6.07 Å². The average molecular weight is 204 g/mol. The topological polar surface area (TPSA) is 60.4 Å². The Morgan fingerprint density at radius 1 is 1.33 bits per heavy atom. The zero-order valence-electron chi connectivity index (χ0n) is 8.52. The molecule has 0 bridgehead atoms. The number of carbonyl (C=O) groups excluding carboxylic acids is 1. The molecule has 0 atom stereocenters. The van der Waals surface area contributed by atoms with E-state index < -0.39 is 0 Å². The highest BCUT2D eigenvalue weighted by molar-refractivity contribution is 5.93. The van der Waals surface area contributed by atoms with Crippen molar-refractivity contribution in [2.75, 3.05) is 31.1 Å². The van der Waals surface area contributed by atoms with Crippen molar-refractivity contribution in [1.29, 1.82) is 0 Å². The van der Waals surface area contributed by atoms with Crippen LogP contribution in [-0.4, -0.2) is 32.1 Å². The molecule has 1 aliphatic heterocycles. The van der Waals surface area contributed by atoms with Gasteiger partial charge < -0.3 is 10.6 Å². The molecule has 4 heteroatoms.